The highest BCUT2D eigenvalue weighted by molar-refractivity contribution is 6.35. The van der Waals surface area contributed by atoms with Gasteiger partial charge in [0.2, 0.25) is 5.91 Å². The predicted octanol–water partition coefficient (Wildman–Crippen LogP) is 4.12. The number of morpholine rings is 1. The van der Waals surface area contributed by atoms with E-state index in [2.05, 4.69) is 0 Å². The summed E-state index contributed by atoms with van der Waals surface area (Å²) < 4.78 is 19.5. The zero-order valence-corrected chi connectivity index (χ0v) is 15.5. The van der Waals surface area contributed by atoms with Crippen LogP contribution in [-0.2, 0) is 9.53 Å². The lowest BCUT2D eigenvalue weighted by Crippen LogP contribution is -2.43. The molecule has 1 aliphatic rings. The molecule has 0 spiro atoms. The van der Waals surface area contributed by atoms with Gasteiger partial charge in [0.05, 0.1) is 18.2 Å². The molecule has 3 rings (SSSR count). The summed E-state index contributed by atoms with van der Waals surface area (Å²) >= 11 is 11.9. The van der Waals surface area contributed by atoms with Gasteiger partial charge in [-0.2, -0.15) is 0 Å². The Bertz CT molecular complexity index is 789. The third kappa shape index (κ3) is 4.35. The number of carbonyl (C=O) groups excluding carboxylic acids is 1. The second kappa shape index (κ2) is 8.35. The van der Waals surface area contributed by atoms with E-state index < -0.39 is 11.9 Å². The number of amides is 1. The third-order valence-electron chi connectivity index (χ3n) is 4.43. The molecule has 1 heterocycles. The van der Waals surface area contributed by atoms with E-state index in [1.54, 1.807) is 4.90 Å². The maximum atomic E-state index is 13.8. The van der Waals surface area contributed by atoms with Crippen LogP contribution in [0, 0.1) is 5.82 Å². The smallest absolute Gasteiger partial charge is 0.224 e. The fraction of sp³-hybridized carbons (Fsp3) is 0.316. The molecule has 2 aromatic rings. The first kappa shape index (κ1) is 19.1. The molecule has 4 nitrogen and oxygen atoms in total. The predicted molar refractivity (Wildman–Crippen MR) is 99.7 cm³/mol. The highest BCUT2D eigenvalue weighted by atomic mass is 35.5. The lowest BCUT2D eigenvalue weighted by molar-refractivity contribution is -0.139. The molecule has 2 unspecified atom stereocenters. The maximum Gasteiger partial charge on any atom is 0.224 e. The number of ether oxygens (including phenoxy) is 1. The topological polar surface area (TPSA) is 55.6 Å². The van der Waals surface area contributed by atoms with Gasteiger partial charge in [0.15, 0.2) is 0 Å². The van der Waals surface area contributed by atoms with Crippen molar-refractivity contribution in [3.05, 3.63) is 69.5 Å². The van der Waals surface area contributed by atoms with Gasteiger partial charge in [0.1, 0.15) is 11.9 Å². The standard InChI is InChI=1S/C19H19Cl2FN2O2/c20-14-9-15(21)16(22)8-13(14)18-11-24(6-7-26-18)19(25)10-17(23)12-4-2-1-3-5-12/h1-5,8-9,17-18H,6-7,10-11,23H2. The van der Waals surface area contributed by atoms with Gasteiger partial charge in [0, 0.05) is 29.6 Å². The second-order valence-corrected chi connectivity index (χ2v) is 7.02. The molecule has 138 valence electrons. The van der Waals surface area contributed by atoms with Crippen molar-refractivity contribution in [2.45, 2.75) is 18.6 Å². The van der Waals surface area contributed by atoms with E-state index in [0.717, 1.165) is 5.56 Å². The van der Waals surface area contributed by atoms with E-state index in [4.69, 9.17) is 33.7 Å². The van der Waals surface area contributed by atoms with Crippen molar-refractivity contribution in [3.63, 3.8) is 0 Å². The van der Waals surface area contributed by atoms with Gasteiger partial charge in [-0.25, -0.2) is 4.39 Å². The Kier molecular flexibility index (Phi) is 6.14. The first-order chi connectivity index (χ1) is 12.5. The Morgan fingerprint density at radius 1 is 1.27 bits per heavy atom. The fourth-order valence-electron chi connectivity index (χ4n) is 2.98. The molecule has 0 bridgehead atoms. The van der Waals surface area contributed by atoms with Crippen molar-refractivity contribution in [3.8, 4) is 0 Å². The molecule has 0 saturated carbocycles. The minimum Gasteiger partial charge on any atom is -0.370 e. The summed E-state index contributed by atoms with van der Waals surface area (Å²) in [6.07, 6.45) is -0.306. The zero-order valence-electron chi connectivity index (χ0n) is 14.0. The van der Waals surface area contributed by atoms with Gasteiger partial charge in [-0.15, -0.1) is 0 Å². The van der Waals surface area contributed by atoms with Crippen molar-refractivity contribution in [1.82, 2.24) is 4.90 Å². The van der Waals surface area contributed by atoms with Crippen LogP contribution in [-0.4, -0.2) is 30.5 Å². The van der Waals surface area contributed by atoms with Crippen LogP contribution in [0.1, 0.15) is 29.7 Å². The summed E-state index contributed by atoms with van der Waals surface area (Å²) in [5.41, 5.74) is 7.54. The Balaban J connectivity index is 1.68. The normalized spacial score (nSPS) is 18.6. The molecule has 1 fully saturated rings. The van der Waals surface area contributed by atoms with Crippen LogP contribution in [0.3, 0.4) is 0 Å². The average Bonchev–Trinajstić information content (AvgIpc) is 2.65. The van der Waals surface area contributed by atoms with Gasteiger partial charge in [-0.3, -0.25) is 4.79 Å². The van der Waals surface area contributed by atoms with Crippen molar-refractivity contribution in [1.29, 1.82) is 0 Å². The van der Waals surface area contributed by atoms with E-state index in [-0.39, 0.29) is 23.4 Å². The monoisotopic (exact) mass is 396 g/mol. The number of nitrogens with zero attached hydrogens (tertiary/aromatic N) is 1. The molecule has 0 radical (unpaired) electrons. The lowest BCUT2D eigenvalue weighted by Gasteiger charge is -2.34. The highest BCUT2D eigenvalue weighted by Gasteiger charge is 2.28. The molecule has 0 aromatic heterocycles. The molecular weight excluding hydrogens is 378 g/mol. The third-order valence-corrected chi connectivity index (χ3v) is 5.04. The minimum atomic E-state index is -0.566. The molecular formula is C19H19Cl2FN2O2. The average molecular weight is 397 g/mol. The van der Waals surface area contributed by atoms with E-state index >= 15 is 0 Å². The lowest BCUT2D eigenvalue weighted by atomic mass is 10.0. The minimum absolute atomic E-state index is 0.0451. The van der Waals surface area contributed by atoms with Crippen LogP contribution in [0.5, 0.6) is 0 Å². The van der Waals surface area contributed by atoms with E-state index in [1.807, 2.05) is 30.3 Å². The number of benzene rings is 2. The zero-order chi connectivity index (χ0) is 18.7. The molecule has 7 heteroatoms. The Labute approximate surface area is 161 Å². The number of hydrogen-bond acceptors (Lipinski definition) is 3. The first-order valence-corrected chi connectivity index (χ1v) is 9.05. The summed E-state index contributed by atoms with van der Waals surface area (Å²) in [6.45, 7) is 1.10. The summed E-state index contributed by atoms with van der Waals surface area (Å²) in [7, 11) is 0. The molecule has 1 saturated heterocycles. The van der Waals surface area contributed by atoms with E-state index in [9.17, 15) is 9.18 Å². The van der Waals surface area contributed by atoms with Gasteiger partial charge in [-0.05, 0) is 17.7 Å². The first-order valence-electron chi connectivity index (χ1n) is 8.30. The number of halogens is 3. The molecule has 2 aromatic carbocycles. The van der Waals surface area contributed by atoms with E-state index in [1.165, 1.54) is 12.1 Å². The molecule has 2 atom stereocenters. The molecule has 1 amide bonds. The summed E-state index contributed by atoms with van der Waals surface area (Å²) in [4.78, 5) is 14.3. The highest BCUT2D eigenvalue weighted by Crippen LogP contribution is 2.32. The van der Waals surface area contributed by atoms with Crippen molar-refractivity contribution in [2.24, 2.45) is 5.73 Å². The Hall–Kier alpha value is -1.66. The van der Waals surface area contributed by atoms with Gasteiger partial charge in [-0.1, -0.05) is 53.5 Å². The van der Waals surface area contributed by atoms with Gasteiger partial charge < -0.3 is 15.4 Å². The van der Waals surface area contributed by atoms with Crippen LogP contribution in [0.4, 0.5) is 4.39 Å². The van der Waals surface area contributed by atoms with Crippen molar-refractivity contribution >= 4 is 29.1 Å². The van der Waals surface area contributed by atoms with Crippen LogP contribution in [0.15, 0.2) is 42.5 Å². The van der Waals surface area contributed by atoms with Crippen molar-refractivity contribution in [2.75, 3.05) is 19.7 Å². The summed E-state index contributed by atoms with van der Waals surface area (Å²) in [5, 5.41) is 0.271. The second-order valence-electron chi connectivity index (χ2n) is 6.21. The number of nitrogens with two attached hydrogens (primary N) is 1. The van der Waals surface area contributed by atoms with E-state index in [0.29, 0.717) is 30.3 Å². The molecule has 2 N–H and O–H groups in total. The van der Waals surface area contributed by atoms with Crippen LogP contribution < -0.4 is 5.73 Å². The van der Waals surface area contributed by atoms with Gasteiger partial charge in [0.25, 0.3) is 0 Å². The van der Waals surface area contributed by atoms with Crippen LogP contribution in [0.2, 0.25) is 10.0 Å². The fourth-order valence-corrected chi connectivity index (χ4v) is 3.49. The molecule has 0 aliphatic carbocycles. The number of rotatable bonds is 4. The van der Waals surface area contributed by atoms with Crippen LogP contribution >= 0.6 is 23.2 Å². The molecule has 26 heavy (non-hydrogen) atoms. The van der Waals surface area contributed by atoms with Crippen LogP contribution in [0.25, 0.3) is 0 Å². The SMILES string of the molecule is NC(CC(=O)N1CCOC(c2cc(F)c(Cl)cc2Cl)C1)c1ccccc1. The number of hydrogen-bond donors (Lipinski definition) is 1. The summed E-state index contributed by atoms with van der Waals surface area (Å²) in [5.74, 6) is -0.635. The summed E-state index contributed by atoms with van der Waals surface area (Å²) in [6, 6.07) is 11.7. The van der Waals surface area contributed by atoms with Gasteiger partial charge >= 0.3 is 0 Å². The maximum absolute atomic E-state index is 13.8. The molecule has 1 aliphatic heterocycles. The quantitative estimate of drug-likeness (QED) is 0.790. The Morgan fingerprint density at radius 2 is 2.00 bits per heavy atom. The van der Waals surface area contributed by atoms with Crippen molar-refractivity contribution < 1.29 is 13.9 Å². The Morgan fingerprint density at radius 3 is 2.73 bits per heavy atom. The largest absolute Gasteiger partial charge is 0.370 e. The number of carbonyl (C=O) groups is 1.